The number of amides is 2. The molecule has 2 aromatic carbocycles. The molecule has 1 heterocycles. The zero-order chi connectivity index (χ0) is 19.2. The van der Waals surface area contributed by atoms with Crippen LogP contribution in [0, 0.1) is 10.1 Å². The molecule has 27 heavy (non-hydrogen) atoms. The highest BCUT2D eigenvalue weighted by Gasteiger charge is 2.15. The minimum absolute atomic E-state index is 0.0194. The molecule has 3 rings (SSSR count). The van der Waals surface area contributed by atoms with E-state index >= 15 is 0 Å². The molecule has 0 aliphatic carbocycles. The SMILES string of the molecule is O=C(CCCOc1ccc2c(c1)CCC(=O)N2)Nc1cccc([N+](=O)[O-])c1. The number of nitro groups is 1. The van der Waals surface area contributed by atoms with E-state index in [0.717, 1.165) is 11.3 Å². The molecule has 1 aliphatic rings. The van der Waals surface area contributed by atoms with Gasteiger partial charge in [-0.3, -0.25) is 19.7 Å². The second kappa shape index (κ2) is 8.31. The van der Waals surface area contributed by atoms with E-state index in [1.54, 1.807) is 12.1 Å². The van der Waals surface area contributed by atoms with Crippen LogP contribution in [0.1, 0.15) is 24.8 Å². The number of nitrogens with one attached hydrogen (secondary N) is 2. The zero-order valence-electron chi connectivity index (χ0n) is 14.6. The van der Waals surface area contributed by atoms with E-state index in [9.17, 15) is 19.7 Å². The molecule has 0 radical (unpaired) electrons. The van der Waals surface area contributed by atoms with Gasteiger partial charge in [-0.2, -0.15) is 0 Å². The summed E-state index contributed by atoms with van der Waals surface area (Å²) in [6.07, 6.45) is 1.90. The van der Waals surface area contributed by atoms with Crippen molar-refractivity contribution in [1.82, 2.24) is 0 Å². The first-order chi connectivity index (χ1) is 13.0. The molecule has 0 bridgehead atoms. The minimum Gasteiger partial charge on any atom is -0.494 e. The fourth-order valence-electron chi connectivity index (χ4n) is 2.79. The van der Waals surface area contributed by atoms with Crippen LogP contribution >= 0.6 is 0 Å². The topological polar surface area (TPSA) is 111 Å². The van der Waals surface area contributed by atoms with Crippen LogP contribution in [0.5, 0.6) is 5.75 Å². The first-order valence-electron chi connectivity index (χ1n) is 8.61. The maximum absolute atomic E-state index is 12.0. The largest absolute Gasteiger partial charge is 0.494 e. The van der Waals surface area contributed by atoms with Gasteiger partial charge in [0.05, 0.1) is 11.5 Å². The van der Waals surface area contributed by atoms with Crippen molar-refractivity contribution in [3.05, 3.63) is 58.1 Å². The van der Waals surface area contributed by atoms with Crippen molar-refractivity contribution < 1.29 is 19.2 Å². The Balaban J connectivity index is 1.43. The molecule has 0 saturated carbocycles. The van der Waals surface area contributed by atoms with Crippen LogP contribution in [0.4, 0.5) is 17.1 Å². The normalized spacial score (nSPS) is 12.7. The Morgan fingerprint density at radius 1 is 1.22 bits per heavy atom. The number of nitro benzene ring substituents is 1. The van der Waals surface area contributed by atoms with Crippen LogP contribution in [0.15, 0.2) is 42.5 Å². The number of ether oxygens (including phenoxy) is 1. The summed E-state index contributed by atoms with van der Waals surface area (Å²) in [5, 5.41) is 16.2. The number of aryl methyl sites for hydroxylation is 1. The highest BCUT2D eigenvalue weighted by atomic mass is 16.6. The smallest absolute Gasteiger partial charge is 0.271 e. The van der Waals surface area contributed by atoms with Gasteiger partial charge in [-0.1, -0.05) is 6.07 Å². The van der Waals surface area contributed by atoms with Crippen LogP contribution in [-0.2, 0) is 16.0 Å². The van der Waals surface area contributed by atoms with Gasteiger partial charge in [-0.15, -0.1) is 0 Å². The summed E-state index contributed by atoms with van der Waals surface area (Å²) < 4.78 is 5.67. The Labute approximate surface area is 155 Å². The minimum atomic E-state index is -0.506. The van der Waals surface area contributed by atoms with Gasteiger partial charge in [-0.05, 0) is 42.7 Å². The summed E-state index contributed by atoms with van der Waals surface area (Å²) in [7, 11) is 0. The number of fused-ring (bicyclic) bond motifs is 1. The maximum atomic E-state index is 12.0. The molecule has 0 aromatic heterocycles. The maximum Gasteiger partial charge on any atom is 0.271 e. The Hall–Kier alpha value is -3.42. The quantitative estimate of drug-likeness (QED) is 0.442. The lowest BCUT2D eigenvalue weighted by molar-refractivity contribution is -0.384. The van der Waals surface area contributed by atoms with Gasteiger partial charge in [0.1, 0.15) is 5.75 Å². The first-order valence-corrected chi connectivity index (χ1v) is 8.61. The Bertz CT molecular complexity index is 881. The molecule has 0 fully saturated rings. The molecule has 0 unspecified atom stereocenters. The zero-order valence-corrected chi connectivity index (χ0v) is 14.6. The summed E-state index contributed by atoms with van der Waals surface area (Å²) in [4.78, 5) is 33.5. The predicted octanol–water partition coefficient (Wildman–Crippen LogP) is 3.28. The van der Waals surface area contributed by atoms with E-state index in [0.29, 0.717) is 37.3 Å². The summed E-state index contributed by atoms with van der Waals surface area (Å²) in [5.74, 6) is 0.488. The van der Waals surface area contributed by atoms with Gasteiger partial charge in [-0.25, -0.2) is 0 Å². The third-order valence-electron chi connectivity index (χ3n) is 4.13. The molecule has 2 N–H and O–H groups in total. The van der Waals surface area contributed by atoms with E-state index in [1.807, 2.05) is 12.1 Å². The monoisotopic (exact) mass is 369 g/mol. The van der Waals surface area contributed by atoms with Crippen LogP contribution in [0.2, 0.25) is 0 Å². The second-order valence-electron chi connectivity index (χ2n) is 6.17. The number of nitrogens with zero attached hydrogens (tertiary/aromatic N) is 1. The third kappa shape index (κ3) is 5.04. The summed E-state index contributed by atoms with van der Waals surface area (Å²) in [6.45, 7) is 0.369. The molecule has 1 aliphatic heterocycles. The van der Waals surface area contributed by atoms with E-state index < -0.39 is 4.92 Å². The molecule has 0 spiro atoms. The van der Waals surface area contributed by atoms with Gasteiger partial charge in [0.2, 0.25) is 11.8 Å². The van der Waals surface area contributed by atoms with Crippen molar-refractivity contribution in [2.45, 2.75) is 25.7 Å². The molecule has 2 amide bonds. The summed E-state index contributed by atoms with van der Waals surface area (Å²) in [6, 6.07) is 11.3. The van der Waals surface area contributed by atoms with Gasteiger partial charge in [0, 0.05) is 36.3 Å². The van der Waals surface area contributed by atoms with Gasteiger partial charge >= 0.3 is 0 Å². The lowest BCUT2D eigenvalue weighted by atomic mass is 10.0. The number of hydrogen-bond donors (Lipinski definition) is 2. The molecular weight excluding hydrogens is 350 g/mol. The molecular formula is C19H19N3O5. The summed E-state index contributed by atoms with van der Waals surface area (Å²) >= 11 is 0. The number of hydrogen-bond acceptors (Lipinski definition) is 5. The lowest BCUT2D eigenvalue weighted by Crippen LogP contribution is -2.18. The van der Waals surface area contributed by atoms with E-state index in [4.69, 9.17) is 4.74 Å². The fraction of sp³-hybridized carbons (Fsp3) is 0.263. The number of carbonyl (C=O) groups is 2. The molecule has 8 heteroatoms. The lowest BCUT2D eigenvalue weighted by Gasteiger charge is -2.17. The number of non-ortho nitro benzene ring substituents is 1. The van der Waals surface area contributed by atoms with Crippen LogP contribution in [-0.4, -0.2) is 23.3 Å². The number of benzene rings is 2. The van der Waals surface area contributed by atoms with Crippen molar-refractivity contribution in [2.75, 3.05) is 17.2 Å². The highest BCUT2D eigenvalue weighted by molar-refractivity contribution is 5.94. The van der Waals surface area contributed by atoms with Crippen molar-refractivity contribution in [1.29, 1.82) is 0 Å². The Morgan fingerprint density at radius 2 is 2.07 bits per heavy atom. The Morgan fingerprint density at radius 3 is 2.89 bits per heavy atom. The third-order valence-corrected chi connectivity index (χ3v) is 4.13. The van der Waals surface area contributed by atoms with E-state index in [-0.39, 0.29) is 23.9 Å². The van der Waals surface area contributed by atoms with Gasteiger partial charge in [0.25, 0.3) is 5.69 Å². The van der Waals surface area contributed by atoms with Crippen molar-refractivity contribution >= 4 is 28.9 Å². The van der Waals surface area contributed by atoms with Gasteiger partial charge in [0.15, 0.2) is 0 Å². The van der Waals surface area contributed by atoms with Crippen molar-refractivity contribution in [3.63, 3.8) is 0 Å². The molecule has 140 valence electrons. The van der Waals surface area contributed by atoms with Crippen LogP contribution in [0.25, 0.3) is 0 Å². The highest BCUT2D eigenvalue weighted by Crippen LogP contribution is 2.27. The van der Waals surface area contributed by atoms with E-state index in [2.05, 4.69) is 10.6 Å². The van der Waals surface area contributed by atoms with Gasteiger partial charge < -0.3 is 15.4 Å². The molecule has 8 nitrogen and oxygen atoms in total. The number of anilines is 2. The molecule has 2 aromatic rings. The van der Waals surface area contributed by atoms with Crippen molar-refractivity contribution in [3.8, 4) is 5.75 Å². The number of rotatable bonds is 7. The standard InChI is InChI=1S/C19H19N3O5/c23-18(20-14-3-1-4-15(12-14)22(25)26)5-2-10-27-16-7-8-17-13(11-16)6-9-19(24)21-17/h1,3-4,7-8,11-12H,2,5-6,9-10H2,(H,20,23)(H,21,24). The first kappa shape index (κ1) is 18.4. The average molecular weight is 369 g/mol. The fourth-order valence-corrected chi connectivity index (χ4v) is 2.79. The van der Waals surface area contributed by atoms with Crippen molar-refractivity contribution in [2.24, 2.45) is 0 Å². The predicted molar refractivity (Wildman–Crippen MR) is 99.8 cm³/mol. The van der Waals surface area contributed by atoms with Crippen LogP contribution < -0.4 is 15.4 Å². The average Bonchev–Trinajstić information content (AvgIpc) is 2.65. The molecule has 0 atom stereocenters. The Kier molecular flexibility index (Phi) is 5.65. The second-order valence-corrected chi connectivity index (χ2v) is 6.17. The van der Waals surface area contributed by atoms with E-state index in [1.165, 1.54) is 18.2 Å². The summed E-state index contributed by atoms with van der Waals surface area (Å²) in [5.41, 5.74) is 2.18. The number of carbonyl (C=O) groups excluding carboxylic acids is 2. The molecule has 0 saturated heterocycles. The van der Waals surface area contributed by atoms with Crippen LogP contribution in [0.3, 0.4) is 0 Å².